The molecular weight excluding hydrogens is 677 g/mol. The van der Waals surface area contributed by atoms with Crippen LogP contribution in [0.1, 0.15) is 12.0 Å². The number of nitrogens with zero attached hydrogens (tertiary/aromatic N) is 2. The van der Waals surface area contributed by atoms with Crippen LogP contribution in [0.4, 0.5) is 0 Å². The average molecular weight is 711 g/mol. The van der Waals surface area contributed by atoms with Crippen LogP contribution < -0.4 is 10.4 Å². The molecule has 1 aromatic heterocycles. The number of rotatable bonds is 2. The Morgan fingerprint density at radius 3 is 1.79 bits per heavy atom. The summed E-state index contributed by atoms with van der Waals surface area (Å²) in [5.74, 6) is 1.00. The van der Waals surface area contributed by atoms with E-state index in [2.05, 4.69) is 199 Å². The highest BCUT2D eigenvalue weighted by molar-refractivity contribution is 6.31. The molecule has 0 atom stereocenters. The largest absolute Gasteiger partial charge is 0.296 e. The van der Waals surface area contributed by atoms with Crippen molar-refractivity contribution in [1.82, 2.24) is 4.57 Å². The highest BCUT2D eigenvalue weighted by Gasteiger charge is 2.24. The zero-order valence-electron chi connectivity index (χ0n) is 30.6. The number of hydrogen-bond acceptors (Lipinski definition) is 1. The summed E-state index contributed by atoms with van der Waals surface area (Å²) in [5, 5.41) is 17.4. The van der Waals surface area contributed by atoms with E-state index in [4.69, 9.17) is 4.99 Å². The molecule has 0 spiro atoms. The first kappa shape index (κ1) is 31.1. The molecule has 56 heavy (non-hydrogen) atoms. The van der Waals surface area contributed by atoms with Gasteiger partial charge >= 0.3 is 0 Å². The molecule has 0 unspecified atom stereocenters. The Hall–Kier alpha value is -7.29. The van der Waals surface area contributed by atoms with Crippen LogP contribution in [0.25, 0.3) is 98.6 Å². The Balaban J connectivity index is 1.27. The molecule has 0 bridgehead atoms. The van der Waals surface area contributed by atoms with E-state index in [-0.39, 0.29) is 0 Å². The molecule has 0 saturated heterocycles. The van der Waals surface area contributed by atoms with Crippen LogP contribution in [0, 0.1) is 0 Å². The second-order valence-corrected chi connectivity index (χ2v) is 15.0. The molecule has 0 aliphatic carbocycles. The first-order valence-corrected chi connectivity index (χ1v) is 19.4. The Morgan fingerprint density at radius 1 is 0.411 bits per heavy atom. The Kier molecular flexibility index (Phi) is 6.73. The number of aromatic nitrogens is 1. The van der Waals surface area contributed by atoms with Crippen molar-refractivity contribution in [3.8, 4) is 11.1 Å². The number of benzene rings is 10. The highest BCUT2D eigenvalue weighted by Crippen LogP contribution is 2.45. The van der Waals surface area contributed by atoms with Crippen LogP contribution in [0.15, 0.2) is 193 Å². The first-order chi connectivity index (χ1) is 27.8. The fraction of sp³-hybridized carbons (Fsp3) is 0.0185. The molecule has 2 heterocycles. The van der Waals surface area contributed by atoms with Crippen LogP contribution >= 0.6 is 0 Å². The van der Waals surface area contributed by atoms with Gasteiger partial charge in [-0.25, -0.2) is 4.99 Å². The van der Waals surface area contributed by atoms with Crippen molar-refractivity contribution < 1.29 is 0 Å². The second-order valence-electron chi connectivity index (χ2n) is 15.0. The normalized spacial score (nSPS) is 13.1. The van der Waals surface area contributed by atoms with Crippen LogP contribution in [0.5, 0.6) is 0 Å². The molecule has 1 aliphatic heterocycles. The van der Waals surface area contributed by atoms with E-state index in [9.17, 15) is 0 Å². The summed E-state index contributed by atoms with van der Waals surface area (Å²) in [6, 6.07) is 68.9. The molecule has 0 radical (unpaired) electrons. The van der Waals surface area contributed by atoms with Crippen molar-refractivity contribution in [1.29, 1.82) is 0 Å². The average Bonchev–Trinajstić information content (AvgIpc) is 3.47. The lowest BCUT2D eigenvalue weighted by atomic mass is 9.89. The third kappa shape index (κ3) is 4.53. The van der Waals surface area contributed by atoms with Crippen molar-refractivity contribution in [3.05, 3.63) is 204 Å². The lowest BCUT2D eigenvalue weighted by molar-refractivity contribution is 1.21. The van der Waals surface area contributed by atoms with Gasteiger partial charge in [-0.2, -0.15) is 0 Å². The summed E-state index contributed by atoms with van der Waals surface area (Å²) in [6.07, 6.45) is 3.04. The predicted octanol–water partition coefficient (Wildman–Crippen LogP) is 12.5. The highest BCUT2D eigenvalue weighted by atomic mass is 15.1. The van der Waals surface area contributed by atoms with Crippen LogP contribution in [-0.2, 0) is 0 Å². The minimum atomic E-state index is 0.680. The summed E-state index contributed by atoms with van der Waals surface area (Å²) >= 11 is 0. The molecule has 0 amide bonds. The van der Waals surface area contributed by atoms with E-state index in [1.165, 1.54) is 86.5 Å². The summed E-state index contributed by atoms with van der Waals surface area (Å²) in [6.45, 7) is 0. The van der Waals surface area contributed by atoms with Gasteiger partial charge in [-0.05, 0) is 82.8 Å². The fourth-order valence-electron chi connectivity index (χ4n) is 9.52. The van der Waals surface area contributed by atoms with Crippen LogP contribution in [-0.4, -0.2) is 10.4 Å². The van der Waals surface area contributed by atoms with Gasteiger partial charge in [-0.1, -0.05) is 176 Å². The van der Waals surface area contributed by atoms with Crippen molar-refractivity contribution in [2.24, 2.45) is 4.99 Å². The zero-order chi connectivity index (χ0) is 36.7. The number of hydrogen-bond donors (Lipinski definition) is 0. The third-order valence-corrected chi connectivity index (χ3v) is 12.0. The molecule has 1 aliphatic rings. The van der Waals surface area contributed by atoms with Gasteiger partial charge in [0, 0.05) is 33.5 Å². The van der Waals surface area contributed by atoms with Gasteiger partial charge in [-0.3, -0.25) is 4.57 Å². The minimum Gasteiger partial charge on any atom is -0.296 e. The lowest BCUT2D eigenvalue weighted by Crippen LogP contribution is -2.25. The topological polar surface area (TPSA) is 17.3 Å². The van der Waals surface area contributed by atoms with E-state index in [1.54, 1.807) is 0 Å². The van der Waals surface area contributed by atoms with E-state index < -0.39 is 0 Å². The number of fused-ring (bicyclic) bond motifs is 13. The van der Waals surface area contributed by atoms with Gasteiger partial charge in [0.2, 0.25) is 0 Å². The van der Waals surface area contributed by atoms with Gasteiger partial charge in [0.25, 0.3) is 0 Å². The summed E-state index contributed by atoms with van der Waals surface area (Å²) < 4.78 is 2.49. The Morgan fingerprint density at radius 2 is 1.02 bits per heavy atom. The van der Waals surface area contributed by atoms with Crippen molar-refractivity contribution in [2.45, 2.75) is 6.42 Å². The molecule has 0 N–H and O–H groups in total. The quantitative estimate of drug-likeness (QED) is 0.159. The first-order valence-electron chi connectivity index (χ1n) is 19.4. The van der Waals surface area contributed by atoms with E-state index in [0.717, 1.165) is 27.8 Å². The maximum Gasteiger partial charge on any atom is 0.118 e. The maximum atomic E-state index is 5.71. The fourth-order valence-corrected chi connectivity index (χ4v) is 9.52. The summed E-state index contributed by atoms with van der Waals surface area (Å²) in [5.41, 5.74) is 6.87. The SMILES string of the molecule is C1=c2ccccc2=C(c2ccccc2)N=C(n2c3ccc4ccccc4c3c3cc4ccccc4c(-c4ccc5c6ccccc6c6ccccc6c5c4)c32)C1. The smallest absolute Gasteiger partial charge is 0.118 e. The van der Waals surface area contributed by atoms with E-state index in [1.807, 2.05) is 0 Å². The monoisotopic (exact) mass is 710 g/mol. The summed E-state index contributed by atoms with van der Waals surface area (Å²) in [4.78, 5) is 5.71. The molecule has 12 rings (SSSR count). The molecule has 10 aromatic carbocycles. The Labute approximate surface area is 323 Å². The van der Waals surface area contributed by atoms with Crippen molar-refractivity contribution in [2.75, 3.05) is 0 Å². The van der Waals surface area contributed by atoms with Crippen LogP contribution in [0.3, 0.4) is 0 Å². The van der Waals surface area contributed by atoms with Crippen LogP contribution in [0.2, 0.25) is 0 Å². The van der Waals surface area contributed by atoms with Gasteiger partial charge in [-0.15, -0.1) is 0 Å². The van der Waals surface area contributed by atoms with Gasteiger partial charge in [0.15, 0.2) is 0 Å². The van der Waals surface area contributed by atoms with Gasteiger partial charge < -0.3 is 0 Å². The molecule has 2 heteroatoms. The summed E-state index contributed by atoms with van der Waals surface area (Å²) in [7, 11) is 0. The molecule has 260 valence electrons. The standard InChI is InChI=1S/C54H34N2/c1-2-16-36(17-3-1)53-41-21-9-5-15-35(41)28-31-50(55-53)56-49-30-27-34-14-4-7-19-39(34)52(49)48-32-37-18-6-8-20-40(37)51(54(48)56)38-26-29-46-44-24-11-10-22-42(44)43-23-12-13-25-45(43)47(46)33-38/h1-30,32-33H,31H2. The Bertz CT molecular complexity index is 3570. The molecule has 0 saturated carbocycles. The third-order valence-electron chi connectivity index (χ3n) is 12.0. The molecular formula is C54H34N2. The minimum absolute atomic E-state index is 0.680. The molecule has 0 fully saturated rings. The zero-order valence-corrected chi connectivity index (χ0v) is 30.6. The lowest BCUT2D eigenvalue weighted by Gasteiger charge is -2.17. The molecule has 2 nitrogen and oxygen atoms in total. The van der Waals surface area contributed by atoms with E-state index >= 15 is 0 Å². The van der Waals surface area contributed by atoms with E-state index in [0.29, 0.717) is 6.42 Å². The van der Waals surface area contributed by atoms with Crippen molar-refractivity contribution >= 4 is 93.3 Å². The van der Waals surface area contributed by atoms with Gasteiger partial charge in [0.1, 0.15) is 5.84 Å². The van der Waals surface area contributed by atoms with Crippen molar-refractivity contribution in [3.63, 3.8) is 0 Å². The maximum absolute atomic E-state index is 5.71. The number of aliphatic imine (C=N–C) groups is 1. The second kappa shape index (κ2) is 12.1. The molecule has 11 aromatic rings. The van der Waals surface area contributed by atoms with Gasteiger partial charge in [0.05, 0.1) is 16.7 Å². The predicted molar refractivity (Wildman–Crippen MR) is 239 cm³/mol.